The van der Waals surface area contributed by atoms with Gasteiger partial charge in [0, 0.05) is 30.1 Å². The van der Waals surface area contributed by atoms with Gasteiger partial charge >= 0.3 is 0 Å². The first kappa shape index (κ1) is 15.6. The molecule has 0 aliphatic heterocycles. The van der Waals surface area contributed by atoms with Crippen LogP contribution in [0.2, 0.25) is 0 Å². The van der Waals surface area contributed by atoms with E-state index in [2.05, 4.69) is 18.8 Å². The van der Waals surface area contributed by atoms with E-state index in [1.54, 1.807) is 19.5 Å². The number of aromatic nitrogens is 1. The van der Waals surface area contributed by atoms with Gasteiger partial charge < -0.3 is 14.3 Å². The predicted octanol–water partition coefficient (Wildman–Crippen LogP) is 4.24. The van der Waals surface area contributed by atoms with Crippen LogP contribution in [0.15, 0.2) is 47.1 Å². The van der Waals surface area contributed by atoms with Gasteiger partial charge in [-0.05, 0) is 35.4 Å². The smallest absolute Gasteiger partial charge is 0.176 e. The highest BCUT2D eigenvalue weighted by molar-refractivity contribution is 5.87. The molecular formula is C19H21NO3. The van der Waals surface area contributed by atoms with Gasteiger partial charge in [-0.25, -0.2) is 0 Å². The Labute approximate surface area is 135 Å². The zero-order valence-electron chi connectivity index (χ0n) is 13.6. The molecule has 0 aliphatic rings. The molecule has 4 heteroatoms. The second-order valence-electron chi connectivity index (χ2n) is 5.98. The van der Waals surface area contributed by atoms with Crippen LogP contribution in [0, 0.1) is 0 Å². The fourth-order valence-electron chi connectivity index (χ4n) is 2.73. The first-order valence-electron chi connectivity index (χ1n) is 7.77. The summed E-state index contributed by atoms with van der Waals surface area (Å²) in [4.78, 5) is 4.01. The first-order valence-corrected chi connectivity index (χ1v) is 7.77. The maximum Gasteiger partial charge on any atom is 0.176 e. The number of pyridine rings is 1. The number of aliphatic hydroxyl groups excluding tert-OH is 1. The molecule has 23 heavy (non-hydrogen) atoms. The summed E-state index contributed by atoms with van der Waals surface area (Å²) in [5.41, 5.74) is 2.60. The number of aliphatic hydroxyl groups is 1. The van der Waals surface area contributed by atoms with Gasteiger partial charge in [0.25, 0.3) is 0 Å². The van der Waals surface area contributed by atoms with Crippen LogP contribution < -0.4 is 4.74 Å². The molecular weight excluding hydrogens is 290 g/mol. The van der Waals surface area contributed by atoms with Crippen molar-refractivity contribution < 1.29 is 14.3 Å². The quantitative estimate of drug-likeness (QED) is 0.766. The van der Waals surface area contributed by atoms with E-state index in [0.29, 0.717) is 17.8 Å². The highest BCUT2D eigenvalue weighted by Crippen LogP contribution is 2.36. The van der Waals surface area contributed by atoms with Gasteiger partial charge in [-0.15, -0.1) is 0 Å². The second kappa shape index (κ2) is 6.42. The van der Waals surface area contributed by atoms with E-state index in [0.717, 1.165) is 22.3 Å². The molecule has 1 N–H and O–H groups in total. The molecule has 0 bridgehead atoms. The summed E-state index contributed by atoms with van der Waals surface area (Å²) in [6.45, 7) is 4.16. The molecule has 2 aromatic heterocycles. The minimum Gasteiger partial charge on any atom is -0.493 e. The van der Waals surface area contributed by atoms with Crippen molar-refractivity contribution in [2.75, 3.05) is 7.11 Å². The van der Waals surface area contributed by atoms with Gasteiger partial charge in [-0.3, -0.25) is 4.98 Å². The molecule has 1 unspecified atom stereocenters. The molecule has 0 amide bonds. The molecule has 3 aromatic rings. The van der Waals surface area contributed by atoms with Gasteiger partial charge in [-0.1, -0.05) is 19.9 Å². The van der Waals surface area contributed by atoms with Crippen molar-refractivity contribution in [3.05, 3.63) is 59.6 Å². The summed E-state index contributed by atoms with van der Waals surface area (Å²) >= 11 is 0. The summed E-state index contributed by atoms with van der Waals surface area (Å²) in [5.74, 6) is 1.85. The molecule has 0 spiro atoms. The predicted molar refractivity (Wildman–Crippen MR) is 89.8 cm³/mol. The lowest BCUT2D eigenvalue weighted by molar-refractivity contribution is 0.180. The largest absolute Gasteiger partial charge is 0.493 e. The molecule has 4 nitrogen and oxygen atoms in total. The van der Waals surface area contributed by atoms with E-state index in [1.165, 1.54) is 0 Å². The lowest BCUT2D eigenvalue weighted by atomic mass is 9.98. The van der Waals surface area contributed by atoms with Crippen LogP contribution in [0.5, 0.6) is 5.75 Å². The van der Waals surface area contributed by atoms with Crippen molar-refractivity contribution in [3.8, 4) is 5.75 Å². The second-order valence-corrected chi connectivity index (χ2v) is 5.98. The Morgan fingerprint density at radius 2 is 1.91 bits per heavy atom. The zero-order chi connectivity index (χ0) is 16.4. The van der Waals surface area contributed by atoms with Crippen molar-refractivity contribution >= 4 is 11.0 Å². The lowest BCUT2D eigenvalue weighted by Gasteiger charge is -2.13. The topological polar surface area (TPSA) is 55.5 Å². The minimum absolute atomic E-state index is 0.275. The number of hydrogen-bond donors (Lipinski definition) is 1. The molecule has 1 aromatic carbocycles. The van der Waals surface area contributed by atoms with Gasteiger partial charge in [-0.2, -0.15) is 0 Å². The van der Waals surface area contributed by atoms with Gasteiger partial charge in [0.05, 0.1) is 13.2 Å². The average molecular weight is 311 g/mol. The van der Waals surface area contributed by atoms with Gasteiger partial charge in [0.15, 0.2) is 11.3 Å². The maximum absolute atomic E-state index is 10.7. The van der Waals surface area contributed by atoms with E-state index in [4.69, 9.17) is 9.15 Å². The third kappa shape index (κ3) is 3.08. The number of benzene rings is 1. The Balaban J connectivity index is 2.03. The summed E-state index contributed by atoms with van der Waals surface area (Å²) in [7, 11) is 1.62. The van der Waals surface area contributed by atoms with Crippen LogP contribution in [0.3, 0.4) is 0 Å². The van der Waals surface area contributed by atoms with E-state index in [1.807, 2.05) is 30.3 Å². The Bertz CT molecular complexity index is 793. The highest BCUT2D eigenvalue weighted by Gasteiger charge is 2.19. The number of fused-ring (bicyclic) bond motifs is 1. The van der Waals surface area contributed by atoms with E-state index >= 15 is 0 Å². The Morgan fingerprint density at radius 3 is 2.57 bits per heavy atom. The number of nitrogens with zero attached hydrogens (tertiary/aromatic N) is 1. The molecule has 0 aliphatic carbocycles. The SMILES string of the molecule is COc1ccc(C(O)Cc2ccncc2)c2cc(C(C)C)oc12. The van der Waals surface area contributed by atoms with Crippen LogP contribution in [-0.2, 0) is 6.42 Å². The van der Waals surface area contributed by atoms with Crippen LogP contribution in [0.4, 0.5) is 0 Å². The average Bonchev–Trinajstić information content (AvgIpc) is 3.00. The molecule has 2 heterocycles. The molecule has 3 rings (SSSR count). The van der Waals surface area contributed by atoms with Gasteiger partial charge in [0.2, 0.25) is 0 Å². The number of hydrogen-bond acceptors (Lipinski definition) is 4. The standard InChI is InChI=1S/C19H21NO3/c1-12(2)18-11-15-14(4-5-17(22-3)19(15)23-18)16(21)10-13-6-8-20-9-7-13/h4-9,11-12,16,21H,10H2,1-3H3. The molecule has 0 saturated heterocycles. The fourth-order valence-corrected chi connectivity index (χ4v) is 2.73. The van der Waals surface area contributed by atoms with Gasteiger partial charge in [0.1, 0.15) is 5.76 Å². The maximum atomic E-state index is 10.7. The number of rotatable bonds is 5. The fraction of sp³-hybridized carbons (Fsp3) is 0.316. The molecule has 0 saturated carbocycles. The Hall–Kier alpha value is -2.33. The zero-order valence-corrected chi connectivity index (χ0v) is 13.6. The van der Waals surface area contributed by atoms with Crippen molar-refractivity contribution in [1.82, 2.24) is 4.98 Å². The third-order valence-electron chi connectivity index (χ3n) is 4.03. The number of ether oxygens (including phenoxy) is 1. The van der Waals surface area contributed by atoms with Crippen LogP contribution >= 0.6 is 0 Å². The molecule has 120 valence electrons. The minimum atomic E-state index is -0.608. The van der Waals surface area contributed by atoms with Crippen LogP contribution in [0.1, 0.15) is 42.8 Å². The normalized spacial score (nSPS) is 12.7. The van der Waals surface area contributed by atoms with Crippen molar-refractivity contribution in [2.24, 2.45) is 0 Å². The number of methoxy groups -OCH3 is 1. The molecule has 0 radical (unpaired) electrons. The van der Waals surface area contributed by atoms with Crippen molar-refractivity contribution in [1.29, 1.82) is 0 Å². The summed E-state index contributed by atoms with van der Waals surface area (Å²) < 4.78 is 11.3. The Kier molecular flexibility index (Phi) is 4.35. The third-order valence-corrected chi connectivity index (χ3v) is 4.03. The molecule has 0 fully saturated rings. The van der Waals surface area contributed by atoms with E-state index < -0.39 is 6.10 Å². The first-order chi connectivity index (χ1) is 11.1. The molecule has 1 atom stereocenters. The summed E-state index contributed by atoms with van der Waals surface area (Å²) in [6.07, 6.45) is 3.40. The summed E-state index contributed by atoms with van der Waals surface area (Å²) in [5, 5.41) is 11.6. The number of furan rings is 1. The summed E-state index contributed by atoms with van der Waals surface area (Å²) in [6, 6.07) is 9.60. The highest BCUT2D eigenvalue weighted by atomic mass is 16.5. The van der Waals surface area contributed by atoms with E-state index in [-0.39, 0.29) is 5.92 Å². The Morgan fingerprint density at radius 1 is 1.17 bits per heavy atom. The monoisotopic (exact) mass is 311 g/mol. The lowest BCUT2D eigenvalue weighted by Crippen LogP contribution is -2.02. The van der Waals surface area contributed by atoms with E-state index in [9.17, 15) is 5.11 Å². The van der Waals surface area contributed by atoms with Crippen LogP contribution in [0.25, 0.3) is 11.0 Å². The van der Waals surface area contributed by atoms with Crippen molar-refractivity contribution in [3.63, 3.8) is 0 Å². The van der Waals surface area contributed by atoms with Crippen LogP contribution in [-0.4, -0.2) is 17.2 Å². The van der Waals surface area contributed by atoms with Crippen molar-refractivity contribution in [2.45, 2.75) is 32.3 Å².